The van der Waals surface area contributed by atoms with E-state index in [1.54, 1.807) is 25.9 Å². The van der Waals surface area contributed by atoms with E-state index in [1.807, 2.05) is 21.0 Å². The summed E-state index contributed by atoms with van der Waals surface area (Å²) in [5.41, 5.74) is -0.0582. The van der Waals surface area contributed by atoms with Crippen molar-refractivity contribution in [1.29, 1.82) is 0 Å². The molecule has 0 aromatic carbocycles. The Morgan fingerprint density at radius 3 is 2.46 bits per heavy atom. The molecule has 0 bridgehead atoms. The van der Waals surface area contributed by atoms with Crippen molar-refractivity contribution >= 4 is 29.5 Å². The van der Waals surface area contributed by atoms with Crippen LogP contribution >= 0.6 is 11.8 Å². The molecule has 8 nitrogen and oxygen atoms in total. The quantitative estimate of drug-likeness (QED) is 0.453. The molecule has 2 saturated heterocycles. The van der Waals surface area contributed by atoms with Crippen molar-refractivity contribution in [1.82, 2.24) is 9.80 Å². The second-order valence-corrected chi connectivity index (χ2v) is 10.3. The number of likely N-dealkylation sites (N-methyl/N-ethyl adjacent to an activating group) is 2. The summed E-state index contributed by atoms with van der Waals surface area (Å²) in [5, 5.41) is 21.8. The zero-order chi connectivity index (χ0) is 21.1. The molecule has 3 heterocycles. The van der Waals surface area contributed by atoms with Crippen molar-refractivity contribution in [2.24, 2.45) is 11.8 Å². The van der Waals surface area contributed by atoms with Crippen LogP contribution in [0.2, 0.25) is 0 Å². The topological polar surface area (TPSA) is 101 Å². The first-order valence-electron chi connectivity index (χ1n) is 9.55. The SMILES string of the molecule is CC(O)C1C(=O)N2C(C(=O)[O-])=C(SC3CC(C(=O)N(C)C)[N+](C)(C)C3)C(C)[C@@H]12. The first-order valence-corrected chi connectivity index (χ1v) is 10.4. The number of hydrogen-bond acceptors (Lipinski definition) is 6. The van der Waals surface area contributed by atoms with Crippen molar-refractivity contribution in [3.63, 3.8) is 0 Å². The minimum atomic E-state index is -1.36. The van der Waals surface area contributed by atoms with Crippen LogP contribution in [0.15, 0.2) is 10.6 Å². The van der Waals surface area contributed by atoms with Gasteiger partial charge in [-0.15, -0.1) is 11.8 Å². The van der Waals surface area contributed by atoms with Crippen LogP contribution in [0.5, 0.6) is 0 Å². The smallest absolute Gasteiger partial charge is 0.280 e. The van der Waals surface area contributed by atoms with Gasteiger partial charge in [0.15, 0.2) is 6.04 Å². The lowest BCUT2D eigenvalue weighted by atomic mass is 9.79. The second-order valence-electron chi connectivity index (χ2n) is 8.94. The number of carbonyl (C=O) groups is 3. The summed E-state index contributed by atoms with van der Waals surface area (Å²) in [6, 6.07) is -0.522. The third-order valence-corrected chi connectivity index (χ3v) is 7.82. The first kappa shape index (κ1) is 21.1. The van der Waals surface area contributed by atoms with Gasteiger partial charge in [0.2, 0.25) is 5.91 Å². The number of fused-ring (bicyclic) bond motifs is 1. The van der Waals surface area contributed by atoms with Gasteiger partial charge in [-0.1, -0.05) is 6.92 Å². The van der Waals surface area contributed by atoms with Crippen LogP contribution in [-0.2, 0) is 14.4 Å². The van der Waals surface area contributed by atoms with Gasteiger partial charge >= 0.3 is 0 Å². The number of nitrogens with zero attached hydrogens (tertiary/aromatic N) is 3. The first-order chi connectivity index (χ1) is 12.9. The van der Waals surface area contributed by atoms with E-state index in [9.17, 15) is 24.6 Å². The standard InChI is InChI=1S/C19H29N3O5S/c1-9-14-13(10(2)23)18(25)21(14)15(19(26)27)16(9)28-11-7-12(17(24)20(3)4)22(5,6)8-11/h9-14,23H,7-8H2,1-6H3/t9?,10?,11?,12?,13?,14-/m0/s1. The molecule has 2 fully saturated rings. The number of likely N-dealkylation sites (tertiary alicyclic amines) is 1. The number of carbonyl (C=O) groups excluding carboxylic acids is 3. The van der Waals surface area contributed by atoms with E-state index in [-0.39, 0.29) is 40.8 Å². The molecule has 9 heteroatoms. The van der Waals surface area contributed by atoms with E-state index in [4.69, 9.17) is 0 Å². The average Bonchev–Trinajstić information content (AvgIpc) is 2.99. The van der Waals surface area contributed by atoms with Gasteiger partial charge in [0.25, 0.3) is 5.91 Å². The van der Waals surface area contributed by atoms with Crippen LogP contribution in [0, 0.1) is 11.8 Å². The number of quaternary nitrogens is 1. The predicted molar refractivity (Wildman–Crippen MR) is 102 cm³/mol. The van der Waals surface area contributed by atoms with Crippen LogP contribution in [-0.4, -0.2) is 95.3 Å². The zero-order valence-corrected chi connectivity index (χ0v) is 18.0. The van der Waals surface area contributed by atoms with Crippen LogP contribution < -0.4 is 5.11 Å². The third-order valence-electron chi connectivity index (χ3n) is 6.33. The zero-order valence-electron chi connectivity index (χ0n) is 17.2. The number of β-lactam (4-membered cyclic amide) rings is 1. The molecule has 0 radical (unpaired) electrons. The molecule has 0 aromatic rings. The Kier molecular flexibility index (Phi) is 5.31. The number of aliphatic hydroxyl groups excluding tert-OH is 1. The molecular weight excluding hydrogens is 382 g/mol. The fourth-order valence-electron chi connectivity index (χ4n) is 4.89. The summed E-state index contributed by atoms with van der Waals surface area (Å²) in [5.74, 6) is -2.42. The Hall–Kier alpha value is -1.58. The maximum Gasteiger partial charge on any atom is 0.280 e. The van der Waals surface area contributed by atoms with E-state index >= 15 is 0 Å². The van der Waals surface area contributed by atoms with Crippen molar-refractivity contribution in [3.8, 4) is 0 Å². The Morgan fingerprint density at radius 1 is 1.36 bits per heavy atom. The van der Waals surface area contributed by atoms with Crippen LogP contribution in [0.25, 0.3) is 0 Å². The molecule has 6 atom stereocenters. The van der Waals surface area contributed by atoms with Gasteiger partial charge in [-0.2, -0.15) is 0 Å². The summed E-state index contributed by atoms with van der Waals surface area (Å²) in [6.45, 7) is 4.18. The Balaban J connectivity index is 1.85. The third kappa shape index (κ3) is 3.13. The lowest BCUT2D eigenvalue weighted by Gasteiger charge is -2.47. The number of rotatable bonds is 5. The Bertz CT molecular complexity index is 748. The summed E-state index contributed by atoms with van der Waals surface area (Å²) in [4.78, 5) is 40.3. The van der Waals surface area contributed by atoms with E-state index in [1.165, 1.54) is 16.7 Å². The van der Waals surface area contributed by atoms with Crippen molar-refractivity contribution in [2.75, 3.05) is 34.7 Å². The highest BCUT2D eigenvalue weighted by molar-refractivity contribution is 8.03. The highest BCUT2D eigenvalue weighted by Gasteiger charge is 2.59. The lowest BCUT2D eigenvalue weighted by molar-refractivity contribution is -0.893. The number of amides is 2. The molecule has 156 valence electrons. The molecule has 3 aliphatic heterocycles. The number of aliphatic hydroxyl groups is 1. The molecule has 5 unspecified atom stereocenters. The van der Waals surface area contributed by atoms with Crippen molar-refractivity contribution in [2.45, 2.75) is 43.7 Å². The number of hydrogen-bond donors (Lipinski definition) is 1. The van der Waals surface area contributed by atoms with Gasteiger partial charge in [-0.05, 0) is 6.92 Å². The van der Waals surface area contributed by atoms with E-state index < -0.39 is 18.0 Å². The van der Waals surface area contributed by atoms with E-state index in [2.05, 4.69) is 0 Å². The molecule has 28 heavy (non-hydrogen) atoms. The molecule has 0 aromatic heterocycles. The van der Waals surface area contributed by atoms with Gasteiger partial charge in [0.1, 0.15) is 0 Å². The Morgan fingerprint density at radius 2 is 1.96 bits per heavy atom. The second kappa shape index (κ2) is 7.03. The number of carboxylic acid groups (broad SMARTS) is 1. The fraction of sp³-hybridized carbons (Fsp3) is 0.737. The number of carboxylic acids is 1. The maximum atomic E-state index is 12.6. The van der Waals surface area contributed by atoms with Gasteiger partial charge < -0.3 is 29.3 Å². The molecule has 3 rings (SSSR count). The monoisotopic (exact) mass is 411 g/mol. The van der Waals surface area contributed by atoms with Crippen molar-refractivity contribution in [3.05, 3.63) is 10.6 Å². The highest BCUT2D eigenvalue weighted by atomic mass is 32.2. The van der Waals surface area contributed by atoms with Gasteiger partial charge in [-0.25, -0.2) is 0 Å². The Labute approximate surface area is 169 Å². The minimum Gasteiger partial charge on any atom is -0.543 e. The van der Waals surface area contributed by atoms with Crippen LogP contribution in [0.1, 0.15) is 20.3 Å². The lowest BCUT2D eigenvalue weighted by Crippen LogP contribution is -2.64. The van der Waals surface area contributed by atoms with Gasteiger partial charge in [0, 0.05) is 31.3 Å². The highest BCUT2D eigenvalue weighted by Crippen LogP contribution is 2.52. The van der Waals surface area contributed by atoms with Crippen LogP contribution in [0.3, 0.4) is 0 Å². The van der Waals surface area contributed by atoms with Crippen molar-refractivity contribution < 1.29 is 29.1 Å². The molecule has 1 N–H and O–H groups in total. The average molecular weight is 412 g/mol. The van der Waals surface area contributed by atoms with E-state index in [0.29, 0.717) is 15.8 Å². The number of aliphatic carboxylic acids is 1. The maximum absolute atomic E-state index is 12.6. The minimum absolute atomic E-state index is 0.0582. The normalized spacial score (nSPS) is 34.9. The summed E-state index contributed by atoms with van der Waals surface area (Å²) in [7, 11) is 7.51. The molecular formula is C19H29N3O5S. The van der Waals surface area contributed by atoms with Gasteiger partial charge in [0.05, 0.1) is 55.6 Å². The van der Waals surface area contributed by atoms with Gasteiger partial charge in [-0.3, -0.25) is 9.59 Å². The fourth-order valence-corrected chi connectivity index (χ4v) is 6.64. The molecule has 3 aliphatic rings. The molecule has 0 saturated carbocycles. The summed E-state index contributed by atoms with van der Waals surface area (Å²) >= 11 is 1.45. The molecule has 2 amide bonds. The largest absolute Gasteiger partial charge is 0.543 e. The van der Waals surface area contributed by atoms with Crippen LogP contribution in [0.4, 0.5) is 0 Å². The molecule has 0 aliphatic carbocycles. The summed E-state index contributed by atoms with van der Waals surface area (Å²) in [6.07, 6.45) is -0.184. The number of thioether (sulfide) groups is 1. The molecule has 0 spiro atoms. The van der Waals surface area contributed by atoms with E-state index in [0.717, 1.165) is 6.54 Å². The summed E-state index contributed by atoms with van der Waals surface area (Å²) < 4.78 is 0.541. The predicted octanol–water partition coefficient (Wildman–Crippen LogP) is -1.16.